The molecule has 1 aromatic heterocycles. The smallest absolute Gasteiger partial charge is 0.227 e. The van der Waals surface area contributed by atoms with E-state index in [1.54, 1.807) is 0 Å². The number of carbonyl (C=O) groups excluding carboxylic acids is 1. The van der Waals surface area contributed by atoms with Gasteiger partial charge in [0.05, 0.1) is 0 Å². The number of benzene rings is 2. The van der Waals surface area contributed by atoms with Crippen LogP contribution in [0.2, 0.25) is 0 Å². The van der Waals surface area contributed by atoms with Crippen LogP contribution in [0.3, 0.4) is 0 Å². The van der Waals surface area contributed by atoms with Crippen LogP contribution in [0.15, 0.2) is 46.9 Å². The first-order valence-corrected chi connectivity index (χ1v) is 7.89. The molecule has 0 aliphatic heterocycles. The van der Waals surface area contributed by atoms with Gasteiger partial charge in [0.25, 0.3) is 0 Å². The van der Waals surface area contributed by atoms with Gasteiger partial charge < -0.3 is 9.73 Å². The summed E-state index contributed by atoms with van der Waals surface area (Å²) in [6.45, 7) is 4.57. The number of hydrogen-bond donors (Lipinski definition) is 1. The van der Waals surface area contributed by atoms with Crippen LogP contribution in [-0.4, -0.2) is 10.9 Å². The van der Waals surface area contributed by atoms with Crippen molar-refractivity contribution in [2.75, 3.05) is 0 Å². The molecule has 4 heteroatoms. The van der Waals surface area contributed by atoms with Crippen molar-refractivity contribution in [2.24, 2.45) is 0 Å². The second-order valence-electron chi connectivity index (χ2n) is 5.71. The summed E-state index contributed by atoms with van der Waals surface area (Å²) < 4.78 is 5.82. The van der Waals surface area contributed by atoms with E-state index in [1.807, 2.05) is 56.3 Å². The number of nitrogens with one attached hydrogen (secondary N) is 1. The van der Waals surface area contributed by atoms with E-state index in [1.165, 1.54) is 0 Å². The standard InChI is InChI=1S/C19H20N2O2/c1-3-4-18(22)20-12-14-6-8-15(9-7-14)19-21-16-10-5-13(2)11-17(16)23-19/h5-11H,3-4,12H2,1-2H3,(H,20,22). The average Bonchev–Trinajstić information content (AvgIpc) is 2.97. The summed E-state index contributed by atoms with van der Waals surface area (Å²) >= 11 is 0. The van der Waals surface area contributed by atoms with E-state index < -0.39 is 0 Å². The summed E-state index contributed by atoms with van der Waals surface area (Å²) in [5.74, 6) is 0.707. The van der Waals surface area contributed by atoms with Crippen molar-refractivity contribution in [2.45, 2.75) is 33.2 Å². The Morgan fingerprint density at radius 2 is 1.96 bits per heavy atom. The summed E-state index contributed by atoms with van der Waals surface area (Å²) in [7, 11) is 0. The van der Waals surface area contributed by atoms with E-state index in [0.29, 0.717) is 18.9 Å². The molecule has 0 saturated heterocycles. The first-order chi connectivity index (χ1) is 11.2. The van der Waals surface area contributed by atoms with Crippen LogP contribution in [0, 0.1) is 6.92 Å². The molecule has 4 nitrogen and oxygen atoms in total. The molecule has 3 rings (SSSR count). The molecule has 0 radical (unpaired) electrons. The second kappa shape index (κ2) is 6.65. The van der Waals surface area contributed by atoms with Gasteiger partial charge in [-0.1, -0.05) is 25.1 Å². The van der Waals surface area contributed by atoms with Crippen molar-refractivity contribution in [3.8, 4) is 11.5 Å². The Morgan fingerprint density at radius 3 is 2.70 bits per heavy atom. The van der Waals surface area contributed by atoms with Crippen molar-refractivity contribution >= 4 is 17.0 Å². The molecule has 1 heterocycles. The molecule has 0 atom stereocenters. The molecule has 0 spiro atoms. The number of oxazole rings is 1. The SMILES string of the molecule is CCCC(=O)NCc1ccc(-c2nc3ccc(C)cc3o2)cc1. The fourth-order valence-corrected chi connectivity index (χ4v) is 2.44. The summed E-state index contributed by atoms with van der Waals surface area (Å²) in [5, 5.41) is 2.91. The van der Waals surface area contributed by atoms with E-state index in [4.69, 9.17) is 4.42 Å². The van der Waals surface area contributed by atoms with Gasteiger partial charge in [-0.2, -0.15) is 0 Å². The third-order valence-electron chi connectivity index (χ3n) is 3.71. The Kier molecular flexibility index (Phi) is 4.42. The van der Waals surface area contributed by atoms with E-state index in [-0.39, 0.29) is 5.91 Å². The minimum absolute atomic E-state index is 0.0888. The highest BCUT2D eigenvalue weighted by atomic mass is 16.3. The van der Waals surface area contributed by atoms with Gasteiger partial charge in [0, 0.05) is 18.5 Å². The molecule has 0 fully saturated rings. The Morgan fingerprint density at radius 1 is 1.17 bits per heavy atom. The first-order valence-electron chi connectivity index (χ1n) is 7.89. The molecule has 2 aromatic carbocycles. The van der Waals surface area contributed by atoms with E-state index >= 15 is 0 Å². The molecular formula is C19H20N2O2. The molecule has 23 heavy (non-hydrogen) atoms. The van der Waals surface area contributed by atoms with Crippen LogP contribution in [0.1, 0.15) is 30.9 Å². The van der Waals surface area contributed by atoms with Gasteiger partial charge in [-0.05, 0) is 48.7 Å². The maximum absolute atomic E-state index is 11.5. The zero-order valence-electron chi connectivity index (χ0n) is 13.4. The Balaban J connectivity index is 1.74. The first kappa shape index (κ1) is 15.3. The van der Waals surface area contributed by atoms with Gasteiger partial charge in [0.15, 0.2) is 5.58 Å². The van der Waals surface area contributed by atoms with E-state index in [2.05, 4.69) is 10.3 Å². The number of rotatable bonds is 5. The van der Waals surface area contributed by atoms with Crippen molar-refractivity contribution in [3.05, 3.63) is 53.6 Å². The molecule has 0 saturated carbocycles. The predicted molar refractivity (Wildman–Crippen MR) is 90.9 cm³/mol. The van der Waals surface area contributed by atoms with Crippen LogP contribution >= 0.6 is 0 Å². The molecular weight excluding hydrogens is 288 g/mol. The summed E-state index contributed by atoms with van der Waals surface area (Å²) in [5.41, 5.74) is 4.81. The van der Waals surface area contributed by atoms with Gasteiger partial charge in [-0.15, -0.1) is 0 Å². The Labute approximate surface area is 135 Å². The fourth-order valence-electron chi connectivity index (χ4n) is 2.44. The topological polar surface area (TPSA) is 55.1 Å². The Hall–Kier alpha value is -2.62. The zero-order valence-corrected chi connectivity index (χ0v) is 13.4. The molecule has 0 aliphatic rings. The molecule has 1 amide bonds. The Bertz CT molecular complexity index is 819. The van der Waals surface area contributed by atoms with Crippen molar-refractivity contribution < 1.29 is 9.21 Å². The lowest BCUT2D eigenvalue weighted by molar-refractivity contribution is -0.121. The van der Waals surface area contributed by atoms with Gasteiger partial charge >= 0.3 is 0 Å². The lowest BCUT2D eigenvalue weighted by Gasteiger charge is -2.05. The third-order valence-corrected chi connectivity index (χ3v) is 3.71. The monoisotopic (exact) mass is 308 g/mol. The minimum Gasteiger partial charge on any atom is -0.436 e. The van der Waals surface area contributed by atoms with E-state index in [0.717, 1.165) is 34.2 Å². The van der Waals surface area contributed by atoms with Crippen molar-refractivity contribution in [3.63, 3.8) is 0 Å². The number of aryl methyl sites for hydroxylation is 1. The average molecular weight is 308 g/mol. The molecule has 0 bridgehead atoms. The number of nitrogens with zero attached hydrogens (tertiary/aromatic N) is 1. The van der Waals surface area contributed by atoms with Gasteiger partial charge in [0.2, 0.25) is 11.8 Å². The van der Waals surface area contributed by atoms with E-state index in [9.17, 15) is 4.79 Å². The summed E-state index contributed by atoms with van der Waals surface area (Å²) in [4.78, 5) is 16.0. The number of aromatic nitrogens is 1. The number of amides is 1. The molecule has 0 aliphatic carbocycles. The summed E-state index contributed by atoms with van der Waals surface area (Å²) in [6.07, 6.45) is 1.43. The molecule has 118 valence electrons. The lowest BCUT2D eigenvalue weighted by Crippen LogP contribution is -2.21. The predicted octanol–water partition coefficient (Wildman–Crippen LogP) is 4.22. The summed E-state index contributed by atoms with van der Waals surface area (Å²) in [6, 6.07) is 13.9. The highest BCUT2D eigenvalue weighted by Gasteiger charge is 2.08. The number of fused-ring (bicyclic) bond motifs is 1. The van der Waals surface area contributed by atoms with Gasteiger partial charge in [0.1, 0.15) is 5.52 Å². The van der Waals surface area contributed by atoms with Crippen LogP contribution < -0.4 is 5.32 Å². The van der Waals surface area contributed by atoms with Crippen LogP contribution in [0.25, 0.3) is 22.6 Å². The lowest BCUT2D eigenvalue weighted by atomic mass is 10.1. The van der Waals surface area contributed by atoms with Crippen LogP contribution in [0.5, 0.6) is 0 Å². The largest absolute Gasteiger partial charge is 0.436 e. The molecule has 3 aromatic rings. The zero-order chi connectivity index (χ0) is 16.2. The highest BCUT2D eigenvalue weighted by molar-refractivity contribution is 5.77. The quantitative estimate of drug-likeness (QED) is 0.768. The molecule has 0 unspecified atom stereocenters. The normalized spacial score (nSPS) is 10.9. The van der Waals surface area contributed by atoms with Crippen LogP contribution in [0.4, 0.5) is 0 Å². The maximum atomic E-state index is 11.5. The van der Waals surface area contributed by atoms with Crippen molar-refractivity contribution in [1.29, 1.82) is 0 Å². The fraction of sp³-hybridized carbons (Fsp3) is 0.263. The molecule has 1 N–H and O–H groups in total. The maximum Gasteiger partial charge on any atom is 0.227 e. The second-order valence-corrected chi connectivity index (χ2v) is 5.71. The van der Waals surface area contributed by atoms with Gasteiger partial charge in [-0.3, -0.25) is 4.79 Å². The van der Waals surface area contributed by atoms with Crippen molar-refractivity contribution in [1.82, 2.24) is 10.3 Å². The number of carbonyl (C=O) groups is 1. The minimum atomic E-state index is 0.0888. The number of hydrogen-bond acceptors (Lipinski definition) is 3. The van der Waals surface area contributed by atoms with Gasteiger partial charge in [-0.25, -0.2) is 4.98 Å². The third kappa shape index (κ3) is 3.59. The van der Waals surface area contributed by atoms with Crippen LogP contribution in [-0.2, 0) is 11.3 Å². The highest BCUT2D eigenvalue weighted by Crippen LogP contribution is 2.25.